The number of halogens is 1. The SMILES string of the molecule is Cc1nc(-c2cccs2)sc1CNC(=O)COc1ccc(Cl)cc1. The minimum absolute atomic E-state index is 0.0305. The molecule has 4 nitrogen and oxygen atoms in total. The number of aromatic nitrogens is 1. The van der Waals surface area contributed by atoms with E-state index in [0.29, 0.717) is 17.3 Å². The summed E-state index contributed by atoms with van der Waals surface area (Å²) in [6, 6.07) is 11.0. The van der Waals surface area contributed by atoms with Gasteiger partial charge in [-0.1, -0.05) is 17.7 Å². The summed E-state index contributed by atoms with van der Waals surface area (Å²) >= 11 is 9.07. The van der Waals surface area contributed by atoms with Crippen molar-refractivity contribution in [1.29, 1.82) is 0 Å². The van der Waals surface area contributed by atoms with Crippen LogP contribution in [-0.2, 0) is 11.3 Å². The van der Waals surface area contributed by atoms with E-state index in [1.807, 2.05) is 24.4 Å². The summed E-state index contributed by atoms with van der Waals surface area (Å²) < 4.78 is 5.42. The Kier molecular flexibility index (Phi) is 5.50. The monoisotopic (exact) mass is 378 g/mol. The highest BCUT2D eigenvalue weighted by Gasteiger charge is 2.11. The molecule has 2 aromatic heterocycles. The molecule has 1 amide bonds. The molecule has 124 valence electrons. The van der Waals surface area contributed by atoms with Crippen LogP contribution in [0.2, 0.25) is 5.02 Å². The van der Waals surface area contributed by atoms with E-state index in [0.717, 1.165) is 20.5 Å². The number of benzene rings is 1. The highest BCUT2D eigenvalue weighted by molar-refractivity contribution is 7.21. The average molecular weight is 379 g/mol. The summed E-state index contributed by atoms with van der Waals surface area (Å²) in [6.07, 6.45) is 0. The van der Waals surface area contributed by atoms with Crippen LogP contribution in [0.1, 0.15) is 10.6 Å². The van der Waals surface area contributed by atoms with Crippen molar-refractivity contribution in [3.05, 3.63) is 57.4 Å². The van der Waals surface area contributed by atoms with E-state index in [4.69, 9.17) is 16.3 Å². The van der Waals surface area contributed by atoms with E-state index in [9.17, 15) is 4.79 Å². The lowest BCUT2D eigenvalue weighted by atomic mass is 10.3. The third-order valence-corrected chi connectivity index (χ3v) is 5.70. The molecule has 0 spiro atoms. The van der Waals surface area contributed by atoms with Gasteiger partial charge in [0.1, 0.15) is 10.8 Å². The quantitative estimate of drug-likeness (QED) is 0.685. The Morgan fingerprint density at radius 3 is 2.79 bits per heavy atom. The maximum absolute atomic E-state index is 11.9. The number of hydrogen-bond donors (Lipinski definition) is 1. The Hall–Kier alpha value is -1.89. The van der Waals surface area contributed by atoms with Gasteiger partial charge in [-0.3, -0.25) is 4.79 Å². The lowest BCUT2D eigenvalue weighted by molar-refractivity contribution is -0.123. The summed E-state index contributed by atoms with van der Waals surface area (Å²) in [5.41, 5.74) is 0.947. The first kappa shape index (κ1) is 17.0. The zero-order valence-corrected chi connectivity index (χ0v) is 15.3. The Morgan fingerprint density at radius 2 is 2.08 bits per heavy atom. The van der Waals surface area contributed by atoms with E-state index in [1.165, 1.54) is 0 Å². The highest BCUT2D eigenvalue weighted by Crippen LogP contribution is 2.30. The number of ether oxygens (including phenoxy) is 1. The molecule has 0 radical (unpaired) electrons. The van der Waals surface area contributed by atoms with Gasteiger partial charge >= 0.3 is 0 Å². The normalized spacial score (nSPS) is 10.6. The van der Waals surface area contributed by atoms with Crippen LogP contribution in [0.3, 0.4) is 0 Å². The molecule has 0 aliphatic rings. The van der Waals surface area contributed by atoms with Gasteiger partial charge in [0.15, 0.2) is 6.61 Å². The van der Waals surface area contributed by atoms with Crippen molar-refractivity contribution in [2.24, 2.45) is 0 Å². The molecule has 0 unspecified atom stereocenters. The molecule has 0 bridgehead atoms. The molecule has 3 aromatic rings. The van der Waals surface area contributed by atoms with Crippen molar-refractivity contribution in [2.45, 2.75) is 13.5 Å². The Balaban J connectivity index is 1.52. The zero-order valence-electron chi connectivity index (χ0n) is 12.9. The van der Waals surface area contributed by atoms with E-state index in [-0.39, 0.29) is 12.5 Å². The number of carbonyl (C=O) groups excluding carboxylic acids is 1. The van der Waals surface area contributed by atoms with E-state index in [1.54, 1.807) is 46.9 Å². The van der Waals surface area contributed by atoms with Crippen LogP contribution in [0.15, 0.2) is 41.8 Å². The van der Waals surface area contributed by atoms with Crippen LogP contribution in [-0.4, -0.2) is 17.5 Å². The first-order valence-electron chi connectivity index (χ1n) is 7.27. The van der Waals surface area contributed by atoms with Crippen LogP contribution in [0.25, 0.3) is 9.88 Å². The summed E-state index contributed by atoms with van der Waals surface area (Å²) in [5, 5.41) is 6.52. The smallest absolute Gasteiger partial charge is 0.258 e. The van der Waals surface area contributed by atoms with E-state index < -0.39 is 0 Å². The van der Waals surface area contributed by atoms with Gasteiger partial charge < -0.3 is 10.1 Å². The summed E-state index contributed by atoms with van der Waals surface area (Å²) in [4.78, 5) is 18.7. The molecule has 24 heavy (non-hydrogen) atoms. The van der Waals surface area contributed by atoms with Crippen LogP contribution < -0.4 is 10.1 Å². The maximum Gasteiger partial charge on any atom is 0.258 e. The second-order valence-corrected chi connectivity index (χ2v) is 7.49. The largest absolute Gasteiger partial charge is 0.484 e. The lowest BCUT2D eigenvalue weighted by Crippen LogP contribution is -2.28. The van der Waals surface area contributed by atoms with Crippen molar-refractivity contribution >= 4 is 40.2 Å². The molecule has 1 aromatic carbocycles. The van der Waals surface area contributed by atoms with Crippen LogP contribution >= 0.6 is 34.3 Å². The number of nitrogens with one attached hydrogen (secondary N) is 1. The molecular formula is C17H15ClN2O2S2. The molecule has 0 atom stereocenters. The first-order valence-corrected chi connectivity index (χ1v) is 9.34. The number of nitrogens with zero attached hydrogens (tertiary/aromatic N) is 1. The molecule has 2 heterocycles. The van der Waals surface area contributed by atoms with Crippen molar-refractivity contribution in [3.8, 4) is 15.6 Å². The van der Waals surface area contributed by atoms with Gasteiger partial charge in [0.05, 0.1) is 17.1 Å². The predicted octanol–water partition coefficient (Wildman–Crippen LogP) is 4.53. The molecule has 0 fully saturated rings. The molecule has 7 heteroatoms. The highest BCUT2D eigenvalue weighted by atomic mass is 35.5. The number of hydrogen-bond acceptors (Lipinski definition) is 5. The fourth-order valence-electron chi connectivity index (χ4n) is 2.01. The van der Waals surface area contributed by atoms with Crippen molar-refractivity contribution in [3.63, 3.8) is 0 Å². The van der Waals surface area contributed by atoms with Crippen LogP contribution in [0.5, 0.6) is 5.75 Å². The number of carbonyl (C=O) groups is 1. The number of thiazole rings is 1. The third-order valence-electron chi connectivity index (χ3n) is 3.25. The van der Waals surface area contributed by atoms with Gasteiger partial charge in [0, 0.05) is 9.90 Å². The molecule has 0 saturated carbocycles. The predicted molar refractivity (Wildman–Crippen MR) is 99.0 cm³/mol. The minimum Gasteiger partial charge on any atom is -0.484 e. The van der Waals surface area contributed by atoms with Gasteiger partial charge in [-0.15, -0.1) is 22.7 Å². The Morgan fingerprint density at radius 1 is 1.29 bits per heavy atom. The summed E-state index contributed by atoms with van der Waals surface area (Å²) in [7, 11) is 0. The second kappa shape index (κ2) is 7.79. The first-order chi connectivity index (χ1) is 11.6. The maximum atomic E-state index is 11.9. The average Bonchev–Trinajstić information content (AvgIpc) is 3.22. The Bertz CT molecular complexity index is 814. The minimum atomic E-state index is -0.171. The number of amides is 1. The summed E-state index contributed by atoms with van der Waals surface area (Å²) in [5.74, 6) is 0.443. The molecular weight excluding hydrogens is 364 g/mol. The molecule has 3 rings (SSSR count). The van der Waals surface area contributed by atoms with Gasteiger partial charge in [0.25, 0.3) is 5.91 Å². The van der Waals surface area contributed by atoms with E-state index in [2.05, 4.69) is 10.3 Å². The number of thiophene rings is 1. The Labute approximate surface area is 153 Å². The van der Waals surface area contributed by atoms with Crippen molar-refractivity contribution in [2.75, 3.05) is 6.61 Å². The van der Waals surface area contributed by atoms with Crippen LogP contribution in [0.4, 0.5) is 0 Å². The van der Waals surface area contributed by atoms with Crippen molar-refractivity contribution in [1.82, 2.24) is 10.3 Å². The number of rotatable bonds is 6. The third kappa shape index (κ3) is 4.35. The fourth-order valence-corrected chi connectivity index (χ4v) is 3.93. The van der Waals surface area contributed by atoms with Gasteiger partial charge in [-0.2, -0.15) is 0 Å². The molecule has 0 aliphatic heterocycles. The molecule has 1 N–H and O–H groups in total. The second-order valence-electron chi connectivity index (χ2n) is 5.02. The van der Waals surface area contributed by atoms with Crippen LogP contribution in [0, 0.1) is 6.92 Å². The summed E-state index contributed by atoms with van der Waals surface area (Å²) in [6.45, 7) is 2.38. The van der Waals surface area contributed by atoms with Gasteiger partial charge in [0.2, 0.25) is 0 Å². The topological polar surface area (TPSA) is 51.2 Å². The van der Waals surface area contributed by atoms with Crippen molar-refractivity contribution < 1.29 is 9.53 Å². The van der Waals surface area contributed by atoms with Gasteiger partial charge in [-0.05, 0) is 42.6 Å². The molecule has 0 aliphatic carbocycles. The zero-order chi connectivity index (χ0) is 16.9. The van der Waals surface area contributed by atoms with E-state index >= 15 is 0 Å². The van der Waals surface area contributed by atoms with Gasteiger partial charge in [-0.25, -0.2) is 4.98 Å². The lowest BCUT2D eigenvalue weighted by Gasteiger charge is -2.07. The fraction of sp³-hybridized carbons (Fsp3) is 0.176. The molecule has 0 saturated heterocycles. The standard InChI is InChI=1S/C17H15ClN2O2S2/c1-11-15(24-17(20-11)14-3-2-8-23-14)9-19-16(21)10-22-13-6-4-12(18)5-7-13/h2-8H,9-10H2,1H3,(H,19,21). The number of aryl methyl sites for hydroxylation is 1.